The molecule has 0 unspecified atom stereocenters. The maximum atomic E-state index is 11.0. The standard InChI is InChI=1S/C9H11BrN2O2S/c1-3-15-9-6(10)4-5-7(11-2)8(9)12(13)14/h4-5,11H,3H2,1-2H3. The summed E-state index contributed by atoms with van der Waals surface area (Å²) in [4.78, 5) is 11.3. The van der Waals surface area contributed by atoms with Gasteiger partial charge < -0.3 is 5.32 Å². The van der Waals surface area contributed by atoms with Gasteiger partial charge in [0, 0.05) is 11.5 Å². The molecule has 6 heteroatoms. The number of nitro benzene ring substituents is 1. The molecule has 0 saturated carbocycles. The van der Waals surface area contributed by atoms with E-state index in [0.29, 0.717) is 10.6 Å². The molecule has 0 heterocycles. The first-order valence-corrected chi connectivity index (χ1v) is 6.17. The third-order valence-electron chi connectivity index (χ3n) is 1.82. The molecule has 15 heavy (non-hydrogen) atoms. The zero-order valence-corrected chi connectivity index (χ0v) is 10.8. The predicted octanol–water partition coefficient (Wildman–Crippen LogP) is 3.51. The Morgan fingerprint density at radius 1 is 1.60 bits per heavy atom. The first-order valence-electron chi connectivity index (χ1n) is 4.39. The molecule has 1 aromatic carbocycles. The first-order chi connectivity index (χ1) is 7.11. The summed E-state index contributed by atoms with van der Waals surface area (Å²) in [6.45, 7) is 1.97. The number of nitro groups is 1. The number of nitrogens with one attached hydrogen (secondary N) is 1. The van der Waals surface area contributed by atoms with Gasteiger partial charge in [0.25, 0.3) is 0 Å². The fraction of sp³-hybridized carbons (Fsp3) is 0.333. The van der Waals surface area contributed by atoms with Crippen LogP contribution in [0.3, 0.4) is 0 Å². The SMILES string of the molecule is CCSc1c(Br)ccc(NC)c1[N+](=O)[O-]. The van der Waals surface area contributed by atoms with Gasteiger partial charge in [-0.05, 0) is 33.8 Å². The van der Waals surface area contributed by atoms with Gasteiger partial charge in [-0.3, -0.25) is 10.1 Å². The van der Waals surface area contributed by atoms with Gasteiger partial charge in [-0.15, -0.1) is 11.8 Å². The number of thioether (sulfide) groups is 1. The van der Waals surface area contributed by atoms with Gasteiger partial charge in [0.15, 0.2) is 0 Å². The van der Waals surface area contributed by atoms with E-state index in [1.54, 1.807) is 13.1 Å². The quantitative estimate of drug-likeness (QED) is 0.524. The van der Waals surface area contributed by atoms with E-state index in [2.05, 4.69) is 21.2 Å². The number of rotatable bonds is 4. The van der Waals surface area contributed by atoms with Crippen molar-refractivity contribution in [2.75, 3.05) is 18.1 Å². The molecule has 0 spiro atoms. The minimum atomic E-state index is -0.353. The predicted molar refractivity (Wildman–Crippen MR) is 66.7 cm³/mol. The molecule has 1 aromatic rings. The van der Waals surface area contributed by atoms with Crippen molar-refractivity contribution in [3.63, 3.8) is 0 Å². The van der Waals surface area contributed by atoms with E-state index in [0.717, 1.165) is 10.2 Å². The fourth-order valence-corrected chi connectivity index (χ4v) is 2.69. The molecule has 0 saturated heterocycles. The zero-order chi connectivity index (χ0) is 11.4. The summed E-state index contributed by atoms with van der Waals surface area (Å²) in [7, 11) is 1.68. The van der Waals surface area contributed by atoms with Crippen molar-refractivity contribution < 1.29 is 4.92 Å². The topological polar surface area (TPSA) is 55.2 Å². The van der Waals surface area contributed by atoms with E-state index in [4.69, 9.17) is 0 Å². The Bertz CT molecular complexity index is 385. The van der Waals surface area contributed by atoms with Crippen LogP contribution < -0.4 is 5.32 Å². The molecule has 0 bridgehead atoms. The Balaban J connectivity index is 3.36. The van der Waals surface area contributed by atoms with Crippen molar-refractivity contribution in [1.29, 1.82) is 0 Å². The summed E-state index contributed by atoms with van der Waals surface area (Å²) in [5.41, 5.74) is 0.679. The van der Waals surface area contributed by atoms with Crippen LogP contribution in [0.1, 0.15) is 6.92 Å². The van der Waals surface area contributed by atoms with E-state index in [9.17, 15) is 10.1 Å². The van der Waals surface area contributed by atoms with Crippen molar-refractivity contribution in [1.82, 2.24) is 0 Å². The smallest absolute Gasteiger partial charge is 0.306 e. The molecular formula is C9H11BrN2O2S. The van der Waals surface area contributed by atoms with Crippen LogP contribution in [0, 0.1) is 10.1 Å². The summed E-state index contributed by atoms with van der Waals surface area (Å²) in [6, 6.07) is 3.51. The molecule has 0 atom stereocenters. The molecule has 0 amide bonds. The highest BCUT2D eigenvalue weighted by molar-refractivity contribution is 9.10. The molecule has 0 radical (unpaired) electrons. The second-order valence-electron chi connectivity index (χ2n) is 2.71. The van der Waals surface area contributed by atoms with E-state index in [1.807, 2.05) is 13.0 Å². The summed E-state index contributed by atoms with van der Waals surface area (Å²) in [6.07, 6.45) is 0. The Morgan fingerprint density at radius 3 is 2.73 bits per heavy atom. The van der Waals surface area contributed by atoms with Gasteiger partial charge in [0.2, 0.25) is 0 Å². The Hall–Kier alpha value is -0.750. The molecular weight excluding hydrogens is 280 g/mol. The van der Waals surface area contributed by atoms with Crippen LogP contribution in [-0.2, 0) is 0 Å². The lowest BCUT2D eigenvalue weighted by atomic mass is 10.2. The number of benzene rings is 1. The van der Waals surface area contributed by atoms with Crippen molar-refractivity contribution in [2.24, 2.45) is 0 Å². The van der Waals surface area contributed by atoms with Gasteiger partial charge in [-0.25, -0.2) is 0 Å². The summed E-state index contributed by atoms with van der Waals surface area (Å²) >= 11 is 4.78. The Morgan fingerprint density at radius 2 is 2.27 bits per heavy atom. The lowest BCUT2D eigenvalue weighted by Crippen LogP contribution is -1.99. The second-order valence-corrected chi connectivity index (χ2v) is 4.84. The van der Waals surface area contributed by atoms with Crippen LogP contribution in [0.15, 0.2) is 21.5 Å². The average molecular weight is 291 g/mol. The monoisotopic (exact) mass is 290 g/mol. The largest absolute Gasteiger partial charge is 0.383 e. The molecule has 0 aliphatic rings. The van der Waals surface area contributed by atoms with Crippen molar-refractivity contribution in [3.8, 4) is 0 Å². The lowest BCUT2D eigenvalue weighted by molar-refractivity contribution is -0.386. The molecule has 0 aliphatic carbocycles. The fourth-order valence-electron chi connectivity index (χ4n) is 1.21. The van der Waals surface area contributed by atoms with Gasteiger partial charge in [-0.2, -0.15) is 0 Å². The number of hydrogen-bond donors (Lipinski definition) is 1. The minimum Gasteiger partial charge on any atom is -0.383 e. The van der Waals surface area contributed by atoms with E-state index in [-0.39, 0.29) is 10.6 Å². The van der Waals surface area contributed by atoms with Crippen molar-refractivity contribution in [3.05, 3.63) is 26.7 Å². The first kappa shape index (κ1) is 12.3. The molecule has 0 aliphatic heterocycles. The summed E-state index contributed by atoms with van der Waals surface area (Å²) in [5.74, 6) is 0.798. The molecule has 0 fully saturated rings. The van der Waals surface area contributed by atoms with E-state index >= 15 is 0 Å². The molecule has 4 nitrogen and oxygen atoms in total. The van der Waals surface area contributed by atoms with Crippen molar-refractivity contribution in [2.45, 2.75) is 11.8 Å². The van der Waals surface area contributed by atoms with Crippen LogP contribution in [0.4, 0.5) is 11.4 Å². The number of anilines is 1. The number of hydrogen-bond acceptors (Lipinski definition) is 4. The minimum absolute atomic E-state index is 0.138. The van der Waals surface area contributed by atoms with Crippen LogP contribution in [0.25, 0.3) is 0 Å². The van der Waals surface area contributed by atoms with Gasteiger partial charge >= 0.3 is 5.69 Å². The lowest BCUT2D eigenvalue weighted by Gasteiger charge is -2.08. The Kier molecular flexibility index (Phi) is 4.41. The Labute approximate surface area is 101 Å². The summed E-state index contributed by atoms with van der Waals surface area (Å²) < 4.78 is 0.764. The zero-order valence-electron chi connectivity index (χ0n) is 8.41. The molecule has 0 aromatic heterocycles. The summed E-state index contributed by atoms with van der Waals surface area (Å²) in [5, 5.41) is 13.8. The van der Waals surface area contributed by atoms with Crippen LogP contribution in [0.2, 0.25) is 0 Å². The van der Waals surface area contributed by atoms with E-state index in [1.165, 1.54) is 11.8 Å². The number of nitrogens with zero attached hydrogens (tertiary/aromatic N) is 1. The molecule has 82 valence electrons. The molecule has 1 rings (SSSR count). The number of halogens is 1. The highest BCUT2D eigenvalue weighted by Crippen LogP contribution is 2.40. The van der Waals surface area contributed by atoms with Gasteiger partial charge in [0.05, 0.1) is 4.92 Å². The van der Waals surface area contributed by atoms with Crippen molar-refractivity contribution >= 4 is 39.1 Å². The second kappa shape index (κ2) is 5.37. The van der Waals surface area contributed by atoms with E-state index < -0.39 is 0 Å². The maximum absolute atomic E-state index is 11.0. The average Bonchev–Trinajstić information content (AvgIpc) is 2.20. The third-order valence-corrected chi connectivity index (χ3v) is 3.74. The van der Waals surface area contributed by atoms with Crippen LogP contribution in [0.5, 0.6) is 0 Å². The highest BCUT2D eigenvalue weighted by atomic mass is 79.9. The van der Waals surface area contributed by atoms with Gasteiger partial charge in [0.1, 0.15) is 10.6 Å². The third kappa shape index (κ3) is 2.63. The van der Waals surface area contributed by atoms with Gasteiger partial charge in [-0.1, -0.05) is 6.92 Å². The van der Waals surface area contributed by atoms with Crippen LogP contribution >= 0.6 is 27.7 Å². The normalized spacial score (nSPS) is 10.1. The van der Waals surface area contributed by atoms with Crippen LogP contribution in [-0.4, -0.2) is 17.7 Å². The highest BCUT2D eigenvalue weighted by Gasteiger charge is 2.21. The molecule has 1 N–H and O–H groups in total. The maximum Gasteiger partial charge on any atom is 0.306 e.